The van der Waals surface area contributed by atoms with Gasteiger partial charge < -0.3 is 5.11 Å². The molecule has 0 aliphatic heterocycles. The van der Waals surface area contributed by atoms with Gasteiger partial charge in [0, 0.05) is 12.0 Å². The molecule has 1 aromatic carbocycles. The van der Waals surface area contributed by atoms with Crippen LogP contribution in [-0.4, -0.2) is 29.1 Å². The molecule has 2 aromatic rings. The maximum Gasteiger partial charge on any atom is 0.307 e. The molecule has 0 atom stereocenters. The fraction of sp³-hybridized carbons (Fsp3) is 0.286. The van der Waals surface area contributed by atoms with Gasteiger partial charge in [0.2, 0.25) is 5.88 Å². The molecule has 0 spiro atoms. The molecular formula is C14H15NO5S. The first-order valence-electron chi connectivity index (χ1n) is 6.37. The molecule has 1 heterocycles. The Kier molecular flexibility index (Phi) is 5.26. The van der Waals surface area contributed by atoms with Crippen molar-refractivity contribution >= 4 is 17.1 Å². The standard InChI is InChI=1S/C14H15NO5S/c1-2-19-20-8-11(16)10-5-3-9(4-6-10)7-12-13(17)15-14(18)21-12/h3-6,17H,2,7-8H2,1H3,(H,15,18). The van der Waals surface area contributed by atoms with E-state index in [4.69, 9.17) is 4.89 Å². The first-order chi connectivity index (χ1) is 10.1. The molecule has 1 aromatic heterocycles. The second-order valence-electron chi connectivity index (χ2n) is 4.25. The maximum atomic E-state index is 11.8. The lowest BCUT2D eigenvalue weighted by Crippen LogP contribution is -2.09. The first-order valence-corrected chi connectivity index (χ1v) is 7.19. The van der Waals surface area contributed by atoms with Crippen LogP contribution in [0.1, 0.15) is 27.7 Å². The zero-order valence-electron chi connectivity index (χ0n) is 11.4. The molecule has 0 aliphatic rings. The van der Waals surface area contributed by atoms with Crippen molar-refractivity contribution in [2.24, 2.45) is 0 Å². The van der Waals surface area contributed by atoms with Gasteiger partial charge in [0.05, 0.1) is 11.5 Å². The zero-order chi connectivity index (χ0) is 15.2. The molecule has 0 fully saturated rings. The van der Waals surface area contributed by atoms with E-state index in [9.17, 15) is 14.7 Å². The van der Waals surface area contributed by atoms with Gasteiger partial charge in [0.25, 0.3) is 0 Å². The highest BCUT2D eigenvalue weighted by Crippen LogP contribution is 2.20. The summed E-state index contributed by atoms with van der Waals surface area (Å²) in [6.45, 7) is 2.02. The second-order valence-corrected chi connectivity index (χ2v) is 5.32. The second kappa shape index (κ2) is 7.16. The van der Waals surface area contributed by atoms with Crippen LogP contribution in [0.15, 0.2) is 29.1 Å². The van der Waals surface area contributed by atoms with Gasteiger partial charge in [0.1, 0.15) is 6.61 Å². The molecule has 7 heteroatoms. The van der Waals surface area contributed by atoms with Gasteiger partial charge in [0.15, 0.2) is 5.78 Å². The number of rotatable bonds is 7. The minimum Gasteiger partial charge on any atom is -0.494 e. The Labute approximate surface area is 124 Å². The van der Waals surface area contributed by atoms with E-state index in [1.165, 1.54) is 0 Å². The lowest BCUT2D eigenvalue weighted by Gasteiger charge is -2.03. The molecule has 0 unspecified atom stereocenters. The highest BCUT2D eigenvalue weighted by molar-refractivity contribution is 7.09. The monoisotopic (exact) mass is 309 g/mol. The fourth-order valence-electron chi connectivity index (χ4n) is 1.73. The van der Waals surface area contributed by atoms with Gasteiger partial charge in [-0.05, 0) is 12.5 Å². The Balaban J connectivity index is 2.00. The Hall–Kier alpha value is -1.96. The lowest BCUT2D eigenvalue weighted by molar-refractivity contribution is -0.281. The van der Waals surface area contributed by atoms with Gasteiger partial charge in [-0.1, -0.05) is 35.6 Å². The molecule has 0 saturated heterocycles. The number of carbonyl (C=O) groups excluding carboxylic acids is 1. The summed E-state index contributed by atoms with van der Waals surface area (Å²) in [5, 5.41) is 9.53. The molecule has 0 aliphatic carbocycles. The topological polar surface area (TPSA) is 88.6 Å². The third-order valence-electron chi connectivity index (χ3n) is 2.73. The van der Waals surface area contributed by atoms with Crippen LogP contribution in [-0.2, 0) is 16.2 Å². The van der Waals surface area contributed by atoms with E-state index >= 15 is 0 Å². The highest BCUT2D eigenvalue weighted by Gasteiger charge is 2.09. The van der Waals surface area contributed by atoms with Crippen LogP contribution < -0.4 is 4.87 Å². The summed E-state index contributed by atoms with van der Waals surface area (Å²) in [5.74, 6) is -0.278. The predicted molar refractivity (Wildman–Crippen MR) is 77.8 cm³/mol. The van der Waals surface area contributed by atoms with Crippen LogP contribution in [0.5, 0.6) is 5.88 Å². The molecule has 0 bridgehead atoms. The number of H-pyrrole nitrogens is 1. The molecule has 0 saturated carbocycles. The van der Waals surface area contributed by atoms with Crippen molar-refractivity contribution in [3.8, 4) is 5.88 Å². The smallest absolute Gasteiger partial charge is 0.307 e. The fourth-order valence-corrected chi connectivity index (χ4v) is 2.49. The quantitative estimate of drug-likeness (QED) is 0.353. The van der Waals surface area contributed by atoms with E-state index < -0.39 is 0 Å². The molecule has 112 valence electrons. The minimum absolute atomic E-state index is 0.102. The number of Topliss-reactive ketones (excluding diaryl/α,β-unsaturated/α-hetero) is 1. The van der Waals surface area contributed by atoms with Gasteiger partial charge in [-0.3, -0.25) is 14.6 Å². The third kappa shape index (κ3) is 4.25. The van der Waals surface area contributed by atoms with Gasteiger partial charge >= 0.3 is 4.87 Å². The average Bonchev–Trinajstić information content (AvgIpc) is 2.78. The number of hydrogen-bond donors (Lipinski definition) is 2. The first kappa shape index (κ1) is 15.4. The number of carbonyl (C=O) groups is 1. The number of aromatic hydroxyl groups is 1. The molecule has 2 N–H and O–H groups in total. The SMILES string of the molecule is CCOOCC(=O)c1ccc(Cc2sc(=O)[nH]c2O)cc1. The van der Waals surface area contributed by atoms with E-state index in [1.54, 1.807) is 31.2 Å². The van der Waals surface area contributed by atoms with Crippen molar-refractivity contribution in [1.82, 2.24) is 4.98 Å². The third-order valence-corrected chi connectivity index (χ3v) is 3.60. The van der Waals surface area contributed by atoms with Crippen LogP contribution in [0, 0.1) is 0 Å². The average molecular weight is 309 g/mol. The summed E-state index contributed by atoms with van der Waals surface area (Å²) in [7, 11) is 0. The van der Waals surface area contributed by atoms with Gasteiger partial charge in [-0.15, -0.1) is 0 Å². The van der Waals surface area contributed by atoms with E-state index in [0.29, 0.717) is 23.5 Å². The van der Waals surface area contributed by atoms with Gasteiger partial charge in [-0.2, -0.15) is 0 Å². The summed E-state index contributed by atoms with van der Waals surface area (Å²) < 4.78 is 0. The molecule has 0 amide bonds. The summed E-state index contributed by atoms with van der Waals surface area (Å²) in [5.41, 5.74) is 1.41. The van der Waals surface area contributed by atoms with Crippen LogP contribution in [0.25, 0.3) is 0 Å². The van der Waals surface area contributed by atoms with Crippen molar-refractivity contribution in [1.29, 1.82) is 0 Å². The van der Waals surface area contributed by atoms with Crippen molar-refractivity contribution < 1.29 is 19.7 Å². The number of ketones is 1. The Bertz CT molecular complexity index is 659. The summed E-state index contributed by atoms with van der Waals surface area (Å²) in [6.07, 6.45) is 0.430. The van der Waals surface area contributed by atoms with E-state index in [1.807, 2.05) is 0 Å². The number of thiazole rings is 1. The van der Waals surface area contributed by atoms with Crippen molar-refractivity contribution in [3.63, 3.8) is 0 Å². The molecule has 6 nitrogen and oxygen atoms in total. The summed E-state index contributed by atoms with van der Waals surface area (Å²) in [6, 6.07) is 6.91. The normalized spacial score (nSPS) is 10.7. The van der Waals surface area contributed by atoms with Crippen molar-refractivity contribution in [2.75, 3.05) is 13.2 Å². The number of benzene rings is 1. The summed E-state index contributed by atoms with van der Waals surface area (Å²) >= 11 is 0.969. The van der Waals surface area contributed by atoms with Crippen LogP contribution in [0.4, 0.5) is 0 Å². The van der Waals surface area contributed by atoms with Crippen LogP contribution >= 0.6 is 11.3 Å². The van der Waals surface area contributed by atoms with Crippen molar-refractivity contribution in [2.45, 2.75) is 13.3 Å². The number of aromatic nitrogens is 1. The lowest BCUT2D eigenvalue weighted by atomic mass is 10.1. The molecule has 0 radical (unpaired) electrons. The molecular weight excluding hydrogens is 294 g/mol. The molecule has 21 heavy (non-hydrogen) atoms. The number of nitrogens with one attached hydrogen (secondary N) is 1. The summed E-state index contributed by atoms with van der Waals surface area (Å²) in [4.78, 5) is 34.8. The highest BCUT2D eigenvalue weighted by atomic mass is 32.1. The van der Waals surface area contributed by atoms with Gasteiger partial charge in [-0.25, -0.2) is 9.78 Å². The number of aromatic amines is 1. The van der Waals surface area contributed by atoms with E-state index in [0.717, 1.165) is 16.9 Å². The maximum absolute atomic E-state index is 11.8. The Morgan fingerprint density at radius 2 is 2.00 bits per heavy atom. The number of hydrogen-bond acceptors (Lipinski definition) is 6. The minimum atomic E-state index is -0.289. The zero-order valence-corrected chi connectivity index (χ0v) is 12.2. The Morgan fingerprint density at radius 3 is 2.57 bits per heavy atom. The predicted octanol–water partition coefficient (Wildman–Crippen LogP) is 1.88. The molecule has 2 rings (SSSR count). The van der Waals surface area contributed by atoms with Crippen LogP contribution in [0.2, 0.25) is 0 Å². The largest absolute Gasteiger partial charge is 0.494 e. The Morgan fingerprint density at radius 1 is 1.29 bits per heavy atom. The van der Waals surface area contributed by atoms with E-state index in [-0.39, 0.29) is 23.1 Å². The van der Waals surface area contributed by atoms with Crippen LogP contribution in [0.3, 0.4) is 0 Å². The van der Waals surface area contributed by atoms with E-state index in [2.05, 4.69) is 9.87 Å². The van der Waals surface area contributed by atoms with Crippen molar-refractivity contribution in [3.05, 3.63) is 49.9 Å².